The first-order chi connectivity index (χ1) is 14.5. The lowest BCUT2D eigenvalue weighted by molar-refractivity contribution is 0.124. The van der Waals surface area contributed by atoms with Crippen LogP contribution in [0.2, 0.25) is 0 Å². The van der Waals surface area contributed by atoms with Crippen molar-refractivity contribution < 1.29 is 8.42 Å². The van der Waals surface area contributed by atoms with E-state index in [4.69, 9.17) is 0 Å². The molecule has 5 nitrogen and oxygen atoms in total. The van der Waals surface area contributed by atoms with E-state index in [0.29, 0.717) is 4.90 Å². The third kappa shape index (κ3) is 4.56. The molecule has 0 bridgehead atoms. The monoisotopic (exact) mass is 427 g/mol. The molecule has 0 radical (unpaired) electrons. The van der Waals surface area contributed by atoms with Gasteiger partial charge >= 0.3 is 0 Å². The number of rotatable bonds is 5. The third-order valence-corrected chi connectivity index (χ3v) is 8.30. The van der Waals surface area contributed by atoms with Gasteiger partial charge in [0.1, 0.15) is 0 Å². The summed E-state index contributed by atoms with van der Waals surface area (Å²) in [4.78, 5) is 5.35. The van der Waals surface area contributed by atoms with Crippen molar-refractivity contribution in [1.29, 1.82) is 0 Å². The van der Waals surface area contributed by atoms with E-state index in [2.05, 4.69) is 46.6 Å². The Bertz CT molecular complexity index is 954. The molecule has 1 heterocycles. The summed E-state index contributed by atoms with van der Waals surface area (Å²) in [6, 6.07) is 15.5. The van der Waals surface area contributed by atoms with E-state index in [-0.39, 0.29) is 12.1 Å². The van der Waals surface area contributed by atoms with Gasteiger partial charge in [-0.3, -0.25) is 4.90 Å². The first kappa shape index (κ1) is 21.3. The van der Waals surface area contributed by atoms with Crippen molar-refractivity contribution in [3.63, 3.8) is 0 Å². The van der Waals surface area contributed by atoms with Crippen molar-refractivity contribution in [2.24, 2.45) is 0 Å². The summed E-state index contributed by atoms with van der Waals surface area (Å²) in [5.41, 5.74) is 4.02. The highest BCUT2D eigenvalue weighted by Crippen LogP contribution is 2.28. The summed E-state index contributed by atoms with van der Waals surface area (Å²) in [6.07, 6.45) is 4.23. The quantitative estimate of drug-likeness (QED) is 0.790. The lowest BCUT2D eigenvalue weighted by Crippen LogP contribution is -2.58. The third-order valence-electron chi connectivity index (χ3n) is 6.79. The van der Waals surface area contributed by atoms with E-state index >= 15 is 0 Å². The molecule has 2 fully saturated rings. The summed E-state index contributed by atoms with van der Waals surface area (Å²) >= 11 is 0. The molecule has 2 aliphatic rings. The van der Waals surface area contributed by atoms with Gasteiger partial charge in [-0.2, -0.15) is 0 Å². The minimum atomic E-state index is -3.48. The normalized spacial score (nSPS) is 23.5. The fourth-order valence-corrected chi connectivity index (χ4v) is 6.25. The number of sulfonamides is 1. The molecule has 30 heavy (non-hydrogen) atoms. The van der Waals surface area contributed by atoms with E-state index < -0.39 is 10.0 Å². The first-order valence-corrected chi connectivity index (χ1v) is 12.6. The lowest BCUT2D eigenvalue weighted by Gasteiger charge is -2.45. The standard InChI is InChI=1S/C24H33N3O2S/c1-19-9-8-14-23(20(19)2)26-15-17-27(18-16-26)24-13-7-6-12-22(24)25-30(28,29)21-10-4-3-5-11-21/h3-5,8-11,14,22,24-25H,6-7,12-13,15-18H2,1-2H3. The Hall–Kier alpha value is -1.89. The number of hydrogen-bond donors (Lipinski definition) is 1. The van der Waals surface area contributed by atoms with Crippen LogP contribution in [0.3, 0.4) is 0 Å². The topological polar surface area (TPSA) is 52.6 Å². The zero-order valence-electron chi connectivity index (χ0n) is 18.0. The van der Waals surface area contributed by atoms with Crippen LogP contribution in [-0.4, -0.2) is 51.6 Å². The lowest BCUT2D eigenvalue weighted by atomic mass is 9.89. The van der Waals surface area contributed by atoms with Crippen molar-refractivity contribution >= 4 is 15.7 Å². The largest absolute Gasteiger partial charge is 0.369 e. The second-order valence-corrected chi connectivity index (χ2v) is 10.3. The molecule has 2 aromatic rings. The van der Waals surface area contributed by atoms with Gasteiger partial charge < -0.3 is 4.90 Å². The number of hydrogen-bond acceptors (Lipinski definition) is 4. The molecule has 1 saturated heterocycles. The average Bonchev–Trinajstić information content (AvgIpc) is 2.77. The molecule has 4 rings (SSSR count). The van der Waals surface area contributed by atoms with Gasteiger partial charge in [-0.25, -0.2) is 13.1 Å². The average molecular weight is 428 g/mol. The van der Waals surface area contributed by atoms with E-state index in [9.17, 15) is 8.42 Å². The molecule has 1 N–H and O–H groups in total. The Balaban J connectivity index is 1.43. The summed E-state index contributed by atoms with van der Waals surface area (Å²) in [7, 11) is -3.48. The molecule has 2 atom stereocenters. The molecular formula is C24H33N3O2S. The SMILES string of the molecule is Cc1cccc(N2CCN(C3CCCCC3NS(=O)(=O)c3ccccc3)CC2)c1C. The van der Waals surface area contributed by atoms with E-state index in [1.165, 1.54) is 23.2 Å². The number of nitrogens with zero attached hydrogens (tertiary/aromatic N) is 2. The van der Waals surface area contributed by atoms with Gasteiger partial charge in [0.2, 0.25) is 10.0 Å². The molecular weight excluding hydrogens is 394 g/mol. The highest BCUT2D eigenvalue weighted by Gasteiger charge is 2.34. The summed E-state index contributed by atoms with van der Waals surface area (Å²) < 4.78 is 28.8. The Labute approximate surface area is 181 Å². The van der Waals surface area contributed by atoms with Crippen LogP contribution >= 0.6 is 0 Å². The van der Waals surface area contributed by atoms with Crippen molar-refractivity contribution in [3.8, 4) is 0 Å². The Kier molecular flexibility index (Phi) is 6.46. The maximum Gasteiger partial charge on any atom is 0.240 e. The van der Waals surface area contributed by atoms with Crippen LogP contribution in [0.25, 0.3) is 0 Å². The molecule has 6 heteroatoms. The molecule has 1 aliphatic carbocycles. The van der Waals surface area contributed by atoms with Crippen molar-refractivity contribution in [2.75, 3.05) is 31.1 Å². The minimum Gasteiger partial charge on any atom is -0.369 e. The van der Waals surface area contributed by atoms with Crippen molar-refractivity contribution in [3.05, 3.63) is 59.7 Å². The summed E-state index contributed by atoms with van der Waals surface area (Å²) in [6.45, 7) is 8.29. The van der Waals surface area contributed by atoms with Crippen LogP contribution < -0.4 is 9.62 Å². The van der Waals surface area contributed by atoms with Crippen LogP contribution in [0, 0.1) is 13.8 Å². The van der Waals surface area contributed by atoms with Crippen LogP contribution in [0.4, 0.5) is 5.69 Å². The predicted molar refractivity (Wildman–Crippen MR) is 123 cm³/mol. The molecule has 162 valence electrons. The highest BCUT2D eigenvalue weighted by atomic mass is 32.2. The fourth-order valence-electron chi connectivity index (χ4n) is 4.93. The van der Waals surface area contributed by atoms with Crippen molar-refractivity contribution in [2.45, 2.75) is 56.5 Å². The van der Waals surface area contributed by atoms with E-state index in [0.717, 1.165) is 45.4 Å². The van der Waals surface area contributed by atoms with Gasteiger partial charge in [0.25, 0.3) is 0 Å². The van der Waals surface area contributed by atoms with E-state index in [1.807, 2.05) is 6.07 Å². The molecule has 2 aromatic carbocycles. The van der Waals surface area contributed by atoms with Gasteiger partial charge in [0, 0.05) is 44.0 Å². The van der Waals surface area contributed by atoms with Crippen LogP contribution in [0.15, 0.2) is 53.4 Å². The first-order valence-electron chi connectivity index (χ1n) is 11.1. The van der Waals surface area contributed by atoms with Gasteiger partial charge in [-0.15, -0.1) is 0 Å². The zero-order valence-corrected chi connectivity index (χ0v) is 18.9. The van der Waals surface area contributed by atoms with Crippen molar-refractivity contribution in [1.82, 2.24) is 9.62 Å². The number of piperazine rings is 1. The van der Waals surface area contributed by atoms with E-state index in [1.54, 1.807) is 24.3 Å². The Morgan fingerprint density at radius 2 is 1.57 bits per heavy atom. The summed E-state index contributed by atoms with van der Waals surface area (Å²) in [5.74, 6) is 0. The zero-order chi connectivity index (χ0) is 21.1. The Morgan fingerprint density at radius 1 is 0.867 bits per heavy atom. The smallest absolute Gasteiger partial charge is 0.240 e. The van der Waals surface area contributed by atoms with Crippen LogP contribution in [-0.2, 0) is 10.0 Å². The maximum absolute atomic E-state index is 12.9. The highest BCUT2D eigenvalue weighted by molar-refractivity contribution is 7.89. The summed E-state index contributed by atoms with van der Waals surface area (Å²) in [5, 5.41) is 0. The van der Waals surface area contributed by atoms with Gasteiger partial charge in [-0.1, -0.05) is 43.2 Å². The second-order valence-electron chi connectivity index (χ2n) is 8.63. The molecule has 0 spiro atoms. The second kappa shape index (κ2) is 9.08. The fraction of sp³-hybridized carbons (Fsp3) is 0.500. The molecule has 0 aromatic heterocycles. The number of aryl methyl sites for hydroxylation is 1. The van der Waals surface area contributed by atoms with Gasteiger partial charge in [-0.05, 0) is 56.0 Å². The minimum absolute atomic E-state index is 0.0174. The molecule has 2 unspecified atom stereocenters. The van der Waals surface area contributed by atoms with Crippen LogP contribution in [0.5, 0.6) is 0 Å². The molecule has 1 saturated carbocycles. The van der Waals surface area contributed by atoms with Crippen LogP contribution in [0.1, 0.15) is 36.8 Å². The van der Waals surface area contributed by atoms with Gasteiger partial charge in [0.15, 0.2) is 0 Å². The number of nitrogens with one attached hydrogen (secondary N) is 1. The maximum atomic E-state index is 12.9. The number of benzene rings is 2. The molecule has 1 aliphatic heterocycles. The van der Waals surface area contributed by atoms with Gasteiger partial charge in [0.05, 0.1) is 4.90 Å². The Morgan fingerprint density at radius 3 is 2.30 bits per heavy atom. The predicted octanol–water partition coefficient (Wildman–Crippen LogP) is 3.72. The molecule has 0 amide bonds. The number of anilines is 1.